The molecule has 13 heteroatoms. The molecular weight excluding hydrogens is 388 g/mol. The third-order valence-corrected chi connectivity index (χ3v) is 13.7. The predicted molar refractivity (Wildman–Crippen MR) is 94.1 cm³/mol. The zero-order valence-electron chi connectivity index (χ0n) is 14.2. The molecule has 3 rings (SSSR count). The number of nitrogens with two attached hydrogens (primary N) is 1. The van der Waals surface area contributed by atoms with Crippen LogP contribution >= 0.6 is 15.0 Å². The van der Waals surface area contributed by atoms with Gasteiger partial charge in [0.1, 0.15) is 0 Å². The van der Waals surface area contributed by atoms with Gasteiger partial charge in [0.05, 0.1) is 0 Å². The molecule has 2 heterocycles. The number of aromatic nitrogens is 2. The van der Waals surface area contributed by atoms with Crippen molar-refractivity contribution in [1.29, 1.82) is 0 Å². The van der Waals surface area contributed by atoms with Gasteiger partial charge in [-0.25, -0.2) is 0 Å². The quantitative estimate of drug-likeness (QED) is 0.242. The first kappa shape index (κ1) is 20.2. The number of rotatable bonds is 7. The molecule has 11 nitrogen and oxygen atoms in total. The van der Waals surface area contributed by atoms with E-state index >= 15 is 0 Å². The zero-order valence-corrected chi connectivity index (χ0v) is 16.1. The van der Waals surface area contributed by atoms with Gasteiger partial charge in [-0.3, -0.25) is 0 Å². The summed E-state index contributed by atoms with van der Waals surface area (Å²) in [7, 11) is -11.2. The summed E-state index contributed by atoms with van der Waals surface area (Å²) in [6.45, 7) is -0.827. The first-order valence-electron chi connectivity index (χ1n) is 8.00. The molecule has 0 aromatic carbocycles. The molecule has 1 saturated heterocycles. The van der Waals surface area contributed by atoms with Gasteiger partial charge in [0.2, 0.25) is 0 Å². The summed E-state index contributed by atoms with van der Waals surface area (Å²) in [5, 5.41) is 6.47. The van der Waals surface area contributed by atoms with E-state index < -0.39 is 49.7 Å². The van der Waals surface area contributed by atoms with Crippen LogP contribution in [0.5, 0.6) is 0 Å². The van der Waals surface area contributed by atoms with E-state index in [4.69, 9.17) is 10.5 Å². The van der Waals surface area contributed by atoms with Crippen molar-refractivity contribution in [3.63, 3.8) is 0 Å². The number of Topliss-reactive ketones (excluding diaryl/α,β-unsaturated/α-hetero) is 1. The van der Waals surface area contributed by atoms with E-state index in [9.17, 15) is 34.4 Å². The molecule has 0 radical (unpaired) electrons. The molecule has 1 aromatic rings. The summed E-state index contributed by atoms with van der Waals surface area (Å²) < 4.78 is 6.54. The minimum atomic E-state index is -5.99. The maximum atomic E-state index is 12.3. The molecule has 0 amide bonds. The third-order valence-electron chi connectivity index (χ3n) is 5.93. The van der Waals surface area contributed by atoms with Crippen LogP contribution in [-0.2, 0) is 16.1 Å². The van der Waals surface area contributed by atoms with Crippen molar-refractivity contribution in [1.82, 2.24) is 9.55 Å². The number of ether oxygens (including phenoxy) is 1. The molecule has 0 bridgehead atoms. The molecule has 8 N–H and O–H groups in total. The number of fused-ring (bicyclic) bond motifs is 1. The van der Waals surface area contributed by atoms with Gasteiger partial charge in [0.25, 0.3) is 0 Å². The van der Waals surface area contributed by atoms with Crippen LogP contribution in [0.4, 0.5) is 0 Å². The van der Waals surface area contributed by atoms with Gasteiger partial charge in [-0.15, -0.1) is 0 Å². The van der Waals surface area contributed by atoms with E-state index in [0.717, 1.165) is 0 Å². The Morgan fingerprint density at radius 1 is 1.42 bits per heavy atom. The average Bonchev–Trinajstić information content (AvgIpc) is 3.00. The number of hydrogen-bond acceptors (Lipinski definition) is 10. The molecule has 2 aliphatic rings. The van der Waals surface area contributed by atoms with Crippen LogP contribution in [0.3, 0.4) is 0 Å². The van der Waals surface area contributed by atoms with Crippen LogP contribution in [0.15, 0.2) is 18.7 Å². The zero-order chi connectivity index (χ0) is 19.7. The first-order valence-corrected chi connectivity index (χ1v) is 12.4. The van der Waals surface area contributed by atoms with Crippen LogP contribution in [0.25, 0.3) is 0 Å². The Bertz CT molecular complexity index is 714. The number of aliphatic hydroxyl groups is 1. The second-order valence-corrected chi connectivity index (χ2v) is 14.5. The molecule has 1 aliphatic carbocycles. The van der Waals surface area contributed by atoms with Gasteiger partial charge in [0, 0.05) is 0 Å². The Labute approximate surface area is 149 Å². The maximum absolute atomic E-state index is 12.3. The SMILES string of the molecule is CP(O)(O)(O)C(O)(Cn1ccnc1)[PH](O)(O)[C@]12CCC1(C(=O)CN)OC2. The van der Waals surface area contributed by atoms with Crippen LogP contribution in [0.2, 0.25) is 0 Å². The van der Waals surface area contributed by atoms with Gasteiger partial charge in [-0.05, 0) is 0 Å². The van der Waals surface area contributed by atoms with Crippen molar-refractivity contribution >= 4 is 20.8 Å². The van der Waals surface area contributed by atoms with Crippen LogP contribution in [-0.4, -0.2) is 80.6 Å². The number of nitrogens with zero attached hydrogens (tertiary/aromatic N) is 2. The second kappa shape index (κ2) is 5.48. The summed E-state index contributed by atoms with van der Waals surface area (Å²) in [5.41, 5.74) is 3.82. The van der Waals surface area contributed by atoms with Gasteiger partial charge in [-0.2, -0.15) is 0 Å². The van der Waals surface area contributed by atoms with Crippen LogP contribution < -0.4 is 5.73 Å². The Morgan fingerprint density at radius 2 is 2.08 bits per heavy atom. The van der Waals surface area contributed by atoms with Crippen molar-refractivity contribution in [2.45, 2.75) is 35.2 Å². The molecule has 3 atom stereocenters. The number of imidazole rings is 1. The normalized spacial score (nSPS) is 33.0. The third kappa shape index (κ3) is 2.24. The van der Waals surface area contributed by atoms with E-state index in [-0.39, 0.29) is 19.4 Å². The first-order chi connectivity index (χ1) is 11.7. The summed E-state index contributed by atoms with van der Waals surface area (Å²) in [4.78, 5) is 69.3. The molecule has 1 aliphatic heterocycles. The molecule has 2 fully saturated rings. The monoisotopic (exact) mass is 413 g/mol. The van der Waals surface area contributed by atoms with Gasteiger partial charge in [-0.1, -0.05) is 0 Å². The molecule has 1 aromatic heterocycles. The number of carbonyl (C=O) groups excluding carboxylic acids is 1. The van der Waals surface area contributed by atoms with Gasteiger partial charge >= 0.3 is 149 Å². The standard InChI is InChI=1S/C13H25N3O8P2/c1-26(21,22,23)13(18,7-16-5-4-15-9-16)25(19,20)11-2-3-12(11,24-8-11)10(17)6-14/h4-5,9,18-23,25H,2-3,6-8,14H2,1H3/t11-,12?,13?/m0/s1. The van der Waals surface area contributed by atoms with E-state index in [1.54, 1.807) is 0 Å². The number of carbonyl (C=O) groups is 1. The molecule has 26 heavy (non-hydrogen) atoms. The Hall–Kier alpha value is -0.580. The Balaban J connectivity index is 2.11. The fourth-order valence-corrected chi connectivity index (χ4v) is 11.0. The van der Waals surface area contributed by atoms with Crippen molar-refractivity contribution in [2.75, 3.05) is 19.8 Å². The molecular formula is C13H25N3O8P2. The predicted octanol–water partition coefficient (Wildman–Crippen LogP) is -2.17. The van der Waals surface area contributed by atoms with Crippen molar-refractivity contribution in [3.05, 3.63) is 18.7 Å². The fraction of sp³-hybridized carbons (Fsp3) is 0.692. The van der Waals surface area contributed by atoms with E-state index in [2.05, 4.69) is 4.98 Å². The van der Waals surface area contributed by atoms with Crippen molar-refractivity contribution in [3.8, 4) is 0 Å². The summed E-state index contributed by atoms with van der Waals surface area (Å²) in [6.07, 6.45) is 4.18. The number of ketones is 1. The topological polar surface area (TPSA) is 192 Å². The number of hydrogen-bond donors (Lipinski definition) is 7. The molecule has 1 saturated carbocycles. The van der Waals surface area contributed by atoms with Gasteiger partial charge < -0.3 is 0 Å². The van der Waals surface area contributed by atoms with Crippen molar-refractivity contribution in [2.24, 2.45) is 5.73 Å². The molecule has 0 spiro atoms. The second-order valence-electron chi connectivity index (χ2n) is 7.44. The average molecular weight is 413 g/mol. The summed E-state index contributed by atoms with van der Waals surface area (Å²) in [6, 6.07) is 0. The Kier molecular flexibility index (Phi) is 4.25. The van der Waals surface area contributed by atoms with Crippen LogP contribution in [0, 0.1) is 0 Å². The van der Waals surface area contributed by atoms with E-state index in [1.165, 1.54) is 23.3 Å². The van der Waals surface area contributed by atoms with Crippen LogP contribution in [0.1, 0.15) is 12.8 Å². The van der Waals surface area contributed by atoms with E-state index in [1.807, 2.05) is 0 Å². The molecule has 150 valence electrons. The van der Waals surface area contributed by atoms with E-state index in [0.29, 0.717) is 6.66 Å². The van der Waals surface area contributed by atoms with Crippen molar-refractivity contribution < 1.29 is 39.1 Å². The minimum absolute atomic E-state index is 0.108. The Morgan fingerprint density at radius 3 is 2.42 bits per heavy atom. The molecule has 2 unspecified atom stereocenters. The fourth-order valence-electron chi connectivity index (χ4n) is 4.09. The summed E-state index contributed by atoms with van der Waals surface area (Å²) in [5.74, 6) is -0.565. The van der Waals surface area contributed by atoms with Gasteiger partial charge in [0.15, 0.2) is 0 Å². The summed E-state index contributed by atoms with van der Waals surface area (Å²) >= 11 is 0.